The van der Waals surface area contributed by atoms with Gasteiger partial charge in [0.25, 0.3) is 0 Å². The van der Waals surface area contributed by atoms with E-state index in [2.05, 4.69) is 10.2 Å². The maximum atomic E-state index is 11.1. The summed E-state index contributed by atoms with van der Waals surface area (Å²) in [5.41, 5.74) is 3.80. The van der Waals surface area contributed by atoms with Crippen molar-refractivity contribution in [3.8, 4) is 0 Å². The lowest BCUT2D eigenvalue weighted by molar-refractivity contribution is -0.386. The highest BCUT2D eigenvalue weighted by molar-refractivity contribution is 5.41. The van der Waals surface area contributed by atoms with Gasteiger partial charge < -0.3 is 0 Å². The summed E-state index contributed by atoms with van der Waals surface area (Å²) < 4.78 is 3.24. The van der Waals surface area contributed by atoms with Gasteiger partial charge in [-0.1, -0.05) is 24.3 Å². The maximum absolute atomic E-state index is 11.1. The number of benzene rings is 1. The molecule has 0 radical (unpaired) electrons. The third-order valence-electron chi connectivity index (χ3n) is 4.74. The van der Waals surface area contributed by atoms with E-state index in [0.717, 1.165) is 11.1 Å². The number of rotatable bonds is 6. The smallest absolute Gasteiger partial charge is 0.258 e. The number of nitrogens with zero attached hydrogens (tertiary/aromatic N) is 6. The van der Waals surface area contributed by atoms with Gasteiger partial charge in [-0.2, -0.15) is 10.2 Å². The van der Waals surface area contributed by atoms with Gasteiger partial charge in [0.2, 0.25) is 0 Å². The van der Waals surface area contributed by atoms with E-state index in [4.69, 9.17) is 0 Å². The molecule has 0 N–H and O–H groups in total. The fraction of sp³-hybridized carbons (Fsp3) is 0.333. The molecule has 2 heterocycles. The molecule has 28 heavy (non-hydrogen) atoms. The van der Waals surface area contributed by atoms with Crippen molar-refractivity contribution in [2.24, 2.45) is 0 Å². The molecule has 0 atom stereocenters. The van der Waals surface area contributed by atoms with E-state index in [1.165, 1.54) is 0 Å². The van der Waals surface area contributed by atoms with E-state index >= 15 is 0 Å². The SMILES string of the molecule is Cc1nn(Cc2ccc(Cn3nc(C)c([N+](=O)[O-])c3C)cc2)c(C)c1[N+](=O)[O-]. The van der Waals surface area contributed by atoms with Crippen LogP contribution >= 0.6 is 0 Å². The Morgan fingerprint density at radius 2 is 1.07 bits per heavy atom. The normalized spacial score (nSPS) is 11.0. The number of aryl methyl sites for hydroxylation is 2. The van der Waals surface area contributed by atoms with Crippen LogP contribution in [0.1, 0.15) is 33.9 Å². The molecule has 0 amide bonds. The van der Waals surface area contributed by atoms with Crippen LogP contribution in [-0.2, 0) is 13.1 Å². The van der Waals surface area contributed by atoms with Crippen molar-refractivity contribution >= 4 is 11.4 Å². The number of aromatic nitrogens is 4. The molecule has 0 aliphatic carbocycles. The Kier molecular flexibility index (Phi) is 4.95. The molecular weight excluding hydrogens is 364 g/mol. The van der Waals surface area contributed by atoms with Crippen molar-refractivity contribution < 1.29 is 9.85 Å². The van der Waals surface area contributed by atoms with Crippen LogP contribution in [0.2, 0.25) is 0 Å². The molecule has 3 rings (SSSR count). The van der Waals surface area contributed by atoms with E-state index in [1.54, 1.807) is 37.1 Å². The highest BCUT2D eigenvalue weighted by atomic mass is 16.6. The van der Waals surface area contributed by atoms with Crippen LogP contribution in [0.5, 0.6) is 0 Å². The highest BCUT2D eigenvalue weighted by Gasteiger charge is 2.22. The predicted molar refractivity (Wildman–Crippen MR) is 101 cm³/mol. The third kappa shape index (κ3) is 3.48. The molecule has 0 aliphatic rings. The molecular formula is C18H20N6O4. The second kappa shape index (κ2) is 7.22. The first-order valence-corrected chi connectivity index (χ1v) is 8.63. The van der Waals surface area contributed by atoms with Crippen LogP contribution in [0.4, 0.5) is 11.4 Å². The molecule has 0 fully saturated rings. The molecule has 146 valence electrons. The molecule has 10 heteroatoms. The van der Waals surface area contributed by atoms with Crippen LogP contribution in [0.25, 0.3) is 0 Å². The molecule has 10 nitrogen and oxygen atoms in total. The number of hydrogen-bond acceptors (Lipinski definition) is 6. The Morgan fingerprint density at radius 3 is 1.32 bits per heavy atom. The molecule has 0 saturated heterocycles. The first kappa shape index (κ1) is 19.2. The summed E-state index contributed by atoms with van der Waals surface area (Å²) in [7, 11) is 0. The van der Waals surface area contributed by atoms with Crippen LogP contribution in [0.15, 0.2) is 24.3 Å². The molecule has 0 saturated carbocycles. The van der Waals surface area contributed by atoms with Gasteiger partial charge in [-0.15, -0.1) is 0 Å². The summed E-state index contributed by atoms with van der Waals surface area (Å²) in [6, 6.07) is 7.66. The second-order valence-corrected chi connectivity index (χ2v) is 6.68. The minimum atomic E-state index is -0.412. The first-order chi connectivity index (χ1) is 13.2. The van der Waals surface area contributed by atoms with Gasteiger partial charge in [0.15, 0.2) is 0 Å². The lowest BCUT2D eigenvalue weighted by atomic mass is 10.1. The highest BCUT2D eigenvalue weighted by Crippen LogP contribution is 2.24. The van der Waals surface area contributed by atoms with Crippen LogP contribution < -0.4 is 0 Å². The number of hydrogen-bond donors (Lipinski definition) is 0. The van der Waals surface area contributed by atoms with Gasteiger partial charge in [-0.25, -0.2) is 0 Å². The van der Waals surface area contributed by atoms with Crippen molar-refractivity contribution in [1.82, 2.24) is 19.6 Å². The molecule has 0 bridgehead atoms. The largest absolute Gasteiger partial charge is 0.312 e. The minimum Gasteiger partial charge on any atom is -0.258 e. The number of nitro groups is 2. The Balaban J connectivity index is 1.78. The van der Waals surface area contributed by atoms with Gasteiger partial charge >= 0.3 is 11.4 Å². The molecule has 0 unspecified atom stereocenters. The summed E-state index contributed by atoms with van der Waals surface area (Å²) in [6.45, 7) is 7.46. The Labute approximate surface area is 160 Å². The van der Waals surface area contributed by atoms with E-state index in [1.807, 2.05) is 24.3 Å². The van der Waals surface area contributed by atoms with E-state index in [-0.39, 0.29) is 11.4 Å². The van der Waals surface area contributed by atoms with Gasteiger partial charge in [0, 0.05) is 0 Å². The molecule has 0 aliphatic heterocycles. The Morgan fingerprint density at radius 1 is 0.750 bits per heavy atom. The van der Waals surface area contributed by atoms with Crippen LogP contribution in [0, 0.1) is 47.9 Å². The van der Waals surface area contributed by atoms with Crippen molar-refractivity contribution in [3.05, 3.63) is 78.4 Å². The summed E-state index contributed by atoms with van der Waals surface area (Å²) in [5.74, 6) is 0. The lowest BCUT2D eigenvalue weighted by Crippen LogP contribution is -2.06. The lowest BCUT2D eigenvalue weighted by Gasteiger charge is -2.07. The zero-order valence-electron chi connectivity index (χ0n) is 16.0. The van der Waals surface area contributed by atoms with E-state index in [0.29, 0.717) is 35.9 Å². The Hall–Kier alpha value is -3.56. The van der Waals surface area contributed by atoms with Crippen molar-refractivity contribution in [1.29, 1.82) is 0 Å². The molecule has 0 spiro atoms. The van der Waals surface area contributed by atoms with Gasteiger partial charge in [0.05, 0.1) is 22.9 Å². The predicted octanol–water partition coefficient (Wildman–Crippen LogP) is 3.23. The maximum Gasteiger partial charge on any atom is 0.312 e. The van der Waals surface area contributed by atoms with Crippen LogP contribution in [-0.4, -0.2) is 29.4 Å². The fourth-order valence-electron chi connectivity index (χ4n) is 3.31. The van der Waals surface area contributed by atoms with E-state index in [9.17, 15) is 20.2 Å². The standard InChI is InChI=1S/C18H20N6O4/c1-11-17(23(25)26)13(3)21(19-11)9-15-5-7-16(8-6-15)10-22-14(4)18(24(27)28)12(2)20-22/h5-8H,9-10H2,1-4H3. The topological polar surface area (TPSA) is 122 Å². The zero-order valence-corrected chi connectivity index (χ0v) is 16.0. The van der Waals surface area contributed by atoms with Crippen molar-refractivity contribution in [2.75, 3.05) is 0 Å². The van der Waals surface area contributed by atoms with E-state index < -0.39 is 9.85 Å². The van der Waals surface area contributed by atoms with Crippen molar-refractivity contribution in [3.63, 3.8) is 0 Å². The van der Waals surface area contributed by atoms with Crippen LogP contribution in [0.3, 0.4) is 0 Å². The minimum absolute atomic E-state index is 0.0442. The van der Waals surface area contributed by atoms with Crippen molar-refractivity contribution in [2.45, 2.75) is 40.8 Å². The van der Waals surface area contributed by atoms with Gasteiger partial charge in [0.1, 0.15) is 22.8 Å². The quantitative estimate of drug-likeness (QED) is 0.475. The summed E-state index contributed by atoms with van der Waals surface area (Å²) in [4.78, 5) is 21.4. The van der Waals surface area contributed by atoms with Gasteiger partial charge in [-0.05, 0) is 38.8 Å². The summed E-state index contributed by atoms with van der Waals surface area (Å²) >= 11 is 0. The average Bonchev–Trinajstić information content (AvgIpc) is 3.04. The monoisotopic (exact) mass is 384 g/mol. The molecule has 3 aromatic rings. The summed E-state index contributed by atoms with van der Waals surface area (Å²) in [5, 5.41) is 30.8. The fourth-order valence-corrected chi connectivity index (χ4v) is 3.31. The molecule has 2 aromatic heterocycles. The second-order valence-electron chi connectivity index (χ2n) is 6.68. The first-order valence-electron chi connectivity index (χ1n) is 8.63. The zero-order chi connectivity index (χ0) is 20.6. The van der Waals surface area contributed by atoms with Gasteiger partial charge in [-0.3, -0.25) is 29.6 Å². The molecule has 1 aromatic carbocycles. The Bertz CT molecular complexity index is 980. The summed E-state index contributed by atoms with van der Waals surface area (Å²) in [6.07, 6.45) is 0. The third-order valence-corrected chi connectivity index (χ3v) is 4.74. The average molecular weight is 384 g/mol.